The van der Waals surface area contributed by atoms with Gasteiger partial charge >= 0.3 is 0 Å². The van der Waals surface area contributed by atoms with Crippen molar-refractivity contribution in [2.24, 2.45) is 10.9 Å². The van der Waals surface area contributed by atoms with Crippen LogP contribution in [0.3, 0.4) is 0 Å². The van der Waals surface area contributed by atoms with Gasteiger partial charge in [-0.3, -0.25) is 14.2 Å². The number of rotatable bonds is 6. The molecular formula is C30H24F2N2O5S. The van der Waals surface area contributed by atoms with Crippen LogP contribution < -0.4 is 29.1 Å². The molecule has 0 fully saturated rings. The highest BCUT2D eigenvalue weighted by molar-refractivity contribution is 7.07. The first kappa shape index (κ1) is 25.9. The molecule has 6 rings (SSSR count). The minimum Gasteiger partial charge on any atom is -0.496 e. The molecule has 0 amide bonds. The normalized spacial score (nSPS) is 21.1. The van der Waals surface area contributed by atoms with Crippen molar-refractivity contribution in [2.75, 3.05) is 7.11 Å². The topological polar surface area (TPSA) is 79.1 Å². The third-order valence-electron chi connectivity index (χ3n) is 7.20. The Bertz CT molecular complexity index is 1850. The fourth-order valence-electron chi connectivity index (χ4n) is 5.46. The summed E-state index contributed by atoms with van der Waals surface area (Å²) >= 11 is 1.22. The van der Waals surface area contributed by atoms with E-state index in [0.29, 0.717) is 32.0 Å². The molecule has 0 saturated carbocycles. The number of aromatic nitrogens is 1. The molecule has 0 spiro atoms. The number of methoxy groups -OCH3 is 1. The smallest absolute Gasteiger partial charge is 0.270 e. The summed E-state index contributed by atoms with van der Waals surface area (Å²) in [5.74, 6) is -1.26. The van der Waals surface area contributed by atoms with Gasteiger partial charge in [0.25, 0.3) is 5.56 Å². The van der Waals surface area contributed by atoms with Gasteiger partial charge in [0.15, 0.2) is 16.4 Å². The highest BCUT2D eigenvalue weighted by atomic mass is 32.1. The van der Waals surface area contributed by atoms with E-state index in [4.69, 9.17) is 19.2 Å². The Hall–Kier alpha value is -4.31. The van der Waals surface area contributed by atoms with Gasteiger partial charge in [-0.2, -0.15) is 0 Å². The van der Waals surface area contributed by atoms with Crippen LogP contribution in [0.25, 0.3) is 6.08 Å². The predicted octanol–water partition coefficient (Wildman–Crippen LogP) is 4.14. The number of halogens is 2. The summed E-state index contributed by atoms with van der Waals surface area (Å²) in [6.45, 7) is 3.23. The van der Waals surface area contributed by atoms with Gasteiger partial charge < -0.3 is 14.2 Å². The lowest BCUT2D eigenvalue weighted by atomic mass is 9.79. The molecule has 40 heavy (non-hydrogen) atoms. The molecule has 0 N–H and O–H groups in total. The Morgan fingerprint density at radius 1 is 1.15 bits per heavy atom. The zero-order valence-electron chi connectivity index (χ0n) is 21.8. The van der Waals surface area contributed by atoms with Crippen LogP contribution in [0, 0.1) is 17.6 Å². The van der Waals surface area contributed by atoms with Crippen LogP contribution in [0.5, 0.6) is 17.2 Å². The van der Waals surface area contributed by atoms with E-state index in [-0.39, 0.29) is 23.7 Å². The molecule has 3 heterocycles. The summed E-state index contributed by atoms with van der Waals surface area (Å²) in [7, 11) is 1.51. The average Bonchev–Trinajstić information content (AvgIpc) is 3.20. The minimum absolute atomic E-state index is 0.0441. The first-order chi connectivity index (χ1) is 19.2. The van der Waals surface area contributed by atoms with Crippen LogP contribution in [0.4, 0.5) is 8.78 Å². The second-order valence-corrected chi connectivity index (χ2v) is 10.9. The zero-order chi connectivity index (χ0) is 28.2. The highest BCUT2D eigenvalue weighted by Crippen LogP contribution is 2.47. The van der Waals surface area contributed by atoms with Gasteiger partial charge in [0.2, 0.25) is 5.72 Å². The summed E-state index contributed by atoms with van der Waals surface area (Å²) in [5, 5.41) is 0. The van der Waals surface area contributed by atoms with Crippen LogP contribution >= 0.6 is 11.3 Å². The third-order valence-corrected chi connectivity index (χ3v) is 8.18. The van der Waals surface area contributed by atoms with E-state index in [1.807, 2.05) is 24.3 Å². The highest BCUT2D eigenvalue weighted by Gasteiger charge is 2.53. The van der Waals surface area contributed by atoms with Crippen molar-refractivity contribution in [3.63, 3.8) is 0 Å². The second kappa shape index (κ2) is 9.71. The molecule has 3 atom stereocenters. The van der Waals surface area contributed by atoms with Crippen molar-refractivity contribution in [1.82, 2.24) is 4.57 Å². The Labute approximate surface area is 231 Å². The molecular weight excluding hydrogens is 538 g/mol. The lowest BCUT2D eigenvalue weighted by Crippen LogP contribution is -2.58. The van der Waals surface area contributed by atoms with Crippen LogP contribution in [-0.2, 0) is 11.4 Å². The van der Waals surface area contributed by atoms with E-state index in [1.54, 1.807) is 35.8 Å². The molecule has 2 aliphatic rings. The first-order valence-corrected chi connectivity index (χ1v) is 13.4. The van der Waals surface area contributed by atoms with Crippen molar-refractivity contribution in [3.05, 3.63) is 109 Å². The summed E-state index contributed by atoms with van der Waals surface area (Å²) in [5.41, 5.74) is 0.651. The number of hydrogen-bond acceptors (Lipinski definition) is 7. The molecule has 1 aromatic heterocycles. The van der Waals surface area contributed by atoms with Crippen LogP contribution in [0.15, 0.2) is 70.5 Å². The average molecular weight is 563 g/mol. The summed E-state index contributed by atoms with van der Waals surface area (Å²) in [4.78, 5) is 31.8. The summed E-state index contributed by atoms with van der Waals surface area (Å²) < 4.78 is 46.6. The SMILES string of the molecule is COc1ccc(C=c2sc3n(c2=O)C2c4ccccc4OC(C)(N=3)C2C(C)=O)cc1COc1ccc(F)cc1F. The number of ketones is 1. The predicted molar refractivity (Wildman–Crippen MR) is 144 cm³/mol. The maximum atomic E-state index is 14.1. The number of carbonyl (C=O) groups is 1. The van der Waals surface area contributed by atoms with Crippen molar-refractivity contribution in [3.8, 4) is 17.2 Å². The zero-order valence-corrected chi connectivity index (χ0v) is 22.6. The first-order valence-electron chi connectivity index (χ1n) is 12.5. The van der Waals surface area contributed by atoms with Gasteiger partial charge in [0.05, 0.1) is 17.7 Å². The molecule has 0 radical (unpaired) electrons. The van der Waals surface area contributed by atoms with Gasteiger partial charge in [-0.25, -0.2) is 13.8 Å². The lowest BCUT2D eigenvalue weighted by Gasteiger charge is -2.45. The monoisotopic (exact) mass is 562 g/mol. The number of benzene rings is 3. The van der Waals surface area contributed by atoms with Crippen LogP contribution in [-0.4, -0.2) is 23.2 Å². The molecule has 3 unspecified atom stereocenters. The fourth-order valence-corrected chi connectivity index (χ4v) is 6.56. The number of hydrogen-bond donors (Lipinski definition) is 0. The van der Waals surface area contributed by atoms with Gasteiger partial charge in [-0.05, 0) is 55.8 Å². The van der Waals surface area contributed by atoms with E-state index in [1.165, 1.54) is 31.4 Å². The number of Topliss-reactive ketones (excluding diaryl/α,β-unsaturated/α-hetero) is 1. The number of ether oxygens (including phenoxy) is 3. The van der Waals surface area contributed by atoms with Crippen LogP contribution in [0.1, 0.15) is 36.6 Å². The maximum absolute atomic E-state index is 14.1. The van der Waals surface area contributed by atoms with Crippen molar-refractivity contribution < 1.29 is 27.8 Å². The molecule has 3 aromatic carbocycles. The van der Waals surface area contributed by atoms with Crippen molar-refractivity contribution in [2.45, 2.75) is 32.2 Å². The fraction of sp³-hybridized carbons (Fsp3) is 0.233. The number of fused-ring (bicyclic) bond motifs is 6. The van der Waals surface area contributed by atoms with E-state index >= 15 is 0 Å². The quantitative estimate of drug-likeness (QED) is 0.353. The summed E-state index contributed by atoms with van der Waals surface area (Å²) in [6.07, 6.45) is 1.73. The Morgan fingerprint density at radius 3 is 2.67 bits per heavy atom. The van der Waals surface area contributed by atoms with Gasteiger partial charge in [0, 0.05) is 17.2 Å². The molecule has 204 valence electrons. The van der Waals surface area contributed by atoms with E-state index in [9.17, 15) is 18.4 Å². The number of nitrogens with zero attached hydrogens (tertiary/aromatic N) is 2. The van der Waals surface area contributed by atoms with Crippen LogP contribution in [0.2, 0.25) is 0 Å². The molecule has 2 bridgehead atoms. The Balaban J connectivity index is 1.42. The molecule has 10 heteroatoms. The van der Waals surface area contributed by atoms with Gasteiger partial charge in [0.1, 0.15) is 35.6 Å². The van der Waals surface area contributed by atoms with E-state index in [2.05, 4.69) is 0 Å². The number of carbonyl (C=O) groups excluding carboxylic acids is 1. The standard InChI is InChI=1S/C30H24F2N2O5S/c1-16(35)26-27-20-6-4-5-7-23(20)39-30(26,2)33-29-34(27)28(36)25(40-29)13-17-8-10-22(37-3)18(12-17)15-38-24-11-9-19(31)14-21(24)32/h4-14,26-27H,15H2,1-3H3. The Kier molecular flexibility index (Phi) is 6.29. The largest absolute Gasteiger partial charge is 0.496 e. The second-order valence-electron chi connectivity index (χ2n) is 9.84. The molecule has 7 nitrogen and oxygen atoms in total. The third kappa shape index (κ3) is 4.28. The van der Waals surface area contributed by atoms with E-state index in [0.717, 1.165) is 17.7 Å². The molecule has 2 aliphatic heterocycles. The van der Waals surface area contributed by atoms with Crippen molar-refractivity contribution >= 4 is 23.2 Å². The number of para-hydroxylation sites is 1. The molecule has 0 aliphatic carbocycles. The lowest BCUT2D eigenvalue weighted by molar-refractivity contribution is -0.132. The molecule has 4 aromatic rings. The van der Waals surface area contributed by atoms with Gasteiger partial charge in [-0.1, -0.05) is 35.6 Å². The molecule has 0 saturated heterocycles. The Morgan fingerprint density at radius 2 is 1.93 bits per heavy atom. The summed E-state index contributed by atoms with van der Waals surface area (Å²) in [6, 6.07) is 15.2. The van der Waals surface area contributed by atoms with Crippen molar-refractivity contribution in [1.29, 1.82) is 0 Å². The number of thiazole rings is 1. The maximum Gasteiger partial charge on any atom is 0.270 e. The van der Waals surface area contributed by atoms with Gasteiger partial charge in [-0.15, -0.1) is 0 Å². The van der Waals surface area contributed by atoms with E-state index < -0.39 is 29.3 Å². The minimum atomic E-state index is -1.14.